The normalized spacial score (nSPS) is 22.9. The Morgan fingerprint density at radius 1 is 1.03 bits per heavy atom. The summed E-state index contributed by atoms with van der Waals surface area (Å²) in [5, 5.41) is 3.50. The van der Waals surface area contributed by atoms with Crippen LogP contribution in [-0.2, 0) is 21.8 Å². The number of hydrogen-bond acceptors (Lipinski definition) is 7. The van der Waals surface area contributed by atoms with Crippen molar-refractivity contribution >= 4 is 15.7 Å². The zero-order chi connectivity index (χ0) is 26.8. The largest absolute Gasteiger partial charge is 0.416 e. The van der Waals surface area contributed by atoms with Gasteiger partial charge in [0.05, 0.1) is 21.9 Å². The molecule has 0 spiro atoms. The van der Waals surface area contributed by atoms with E-state index in [1.807, 2.05) is 0 Å². The minimum atomic E-state index is -4.36. The summed E-state index contributed by atoms with van der Waals surface area (Å²) >= 11 is 0. The van der Waals surface area contributed by atoms with Gasteiger partial charge in [0.1, 0.15) is 12.1 Å². The molecule has 1 aliphatic heterocycles. The monoisotopic (exact) mass is 545 g/mol. The van der Waals surface area contributed by atoms with Crippen LogP contribution in [0.4, 0.5) is 19.0 Å². The molecule has 0 radical (unpaired) electrons. The summed E-state index contributed by atoms with van der Waals surface area (Å²) < 4.78 is 65.5. The number of alkyl halides is 3. The van der Waals surface area contributed by atoms with E-state index in [4.69, 9.17) is 0 Å². The smallest absolute Gasteiger partial charge is 0.366 e. The first-order chi connectivity index (χ1) is 18.2. The summed E-state index contributed by atoms with van der Waals surface area (Å²) in [6.45, 7) is 1.93. The van der Waals surface area contributed by atoms with E-state index < -0.39 is 21.6 Å². The summed E-state index contributed by atoms with van der Waals surface area (Å²) in [7, 11) is -3.61. The average molecular weight is 546 g/mol. The lowest BCUT2D eigenvalue weighted by atomic mass is 9.77. The third-order valence-corrected chi connectivity index (χ3v) is 9.16. The summed E-state index contributed by atoms with van der Waals surface area (Å²) in [4.78, 5) is 14.7. The fourth-order valence-electron chi connectivity index (χ4n) is 5.58. The molecule has 38 heavy (non-hydrogen) atoms. The minimum Gasteiger partial charge on any atom is -0.366 e. The third-order valence-electron chi connectivity index (χ3n) is 7.52. The molecule has 1 saturated heterocycles. The van der Waals surface area contributed by atoms with Gasteiger partial charge in [-0.05, 0) is 80.9 Å². The molecular formula is C27H30F3N5O2S. The molecule has 0 amide bonds. The van der Waals surface area contributed by atoms with Crippen LogP contribution in [0.5, 0.6) is 0 Å². The lowest BCUT2D eigenvalue weighted by molar-refractivity contribution is -0.137. The molecule has 2 aromatic heterocycles. The van der Waals surface area contributed by atoms with Crippen LogP contribution in [0.1, 0.15) is 54.8 Å². The van der Waals surface area contributed by atoms with Gasteiger partial charge in [0.2, 0.25) is 0 Å². The maximum Gasteiger partial charge on any atom is 0.416 e. The molecular weight excluding hydrogens is 515 g/mol. The number of aromatic nitrogens is 3. The van der Waals surface area contributed by atoms with Crippen LogP contribution >= 0.6 is 0 Å². The summed E-state index contributed by atoms with van der Waals surface area (Å²) in [6.07, 6.45) is 4.32. The topological polar surface area (TPSA) is 88.1 Å². The van der Waals surface area contributed by atoms with E-state index in [1.54, 1.807) is 24.3 Å². The van der Waals surface area contributed by atoms with E-state index in [9.17, 15) is 21.6 Å². The van der Waals surface area contributed by atoms with Crippen molar-refractivity contribution in [3.63, 3.8) is 0 Å². The summed E-state index contributed by atoms with van der Waals surface area (Å²) in [6, 6.07) is 10.7. The highest BCUT2D eigenvalue weighted by Gasteiger charge is 2.37. The van der Waals surface area contributed by atoms with Crippen molar-refractivity contribution < 1.29 is 21.6 Å². The quantitative estimate of drug-likeness (QED) is 0.443. The molecule has 2 aliphatic rings. The number of sulfone groups is 1. The molecule has 0 bridgehead atoms. The molecule has 1 N–H and O–H groups in total. The van der Waals surface area contributed by atoms with Gasteiger partial charge in [0.15, 0.2) is 9.84 Å². The molecule has 202 valence electrons. The Hall–Kier alpha value is -3.05. The van der Waals surface area contributed by atoms with Crippen LogP contribution in [0.25, 0.3) is 0 Å². The average Bonchev–Trinajstić information content (AvgIpc) is 3.44. The number of halogens is 3. The van der Waals surface area contributed by atoms with Gasteiger partial charge in [-0.15, -0.1) is 0 Å². The lowest BCUT2D eigenvalue weighted by Crippen LogP contribution is -2.49. The van der Waals surface area contributed by atoms with Gasteiger partial charge in [-0.3, -0.25) is 4.90 Å². The molecule has 3 aromatic rings. The Morgan fingerprint density at radius 3 is 2.53 bits per heavy atom. The van der Waals surface area contributed by atoms with Gasteiger partial charge in [0.25, 0.3) is 0 Å². The van der Waals surface area contributed by atoms with Crippen molar-refractivity contribution in [2.45, 2.75) is 66.9 Å². The molecule has 1 saturated carbocycles. The van der Waals surface area contributed by atoms with Crippen molar-refractivity contribution in [3.05, 3.63) is 78.0 Å². The maximum atomic E-state index is 13.3. The van der Waals surface area contributed by atoms with Gasteiger partial charge in [0, 0.05) is 24.5 Å². The number of nitrogens with zero attached hydrogens (tertiary/aromatic N) is 4. The second-order valence-corrected chi connectivity index (χ2v) is 12.0. The molecule has 5 rings (SSSR count). The molecule has 11 heteroatoms. The fourth-order valence-corrected chi connectivity index (χ4v) is 6.80. The summed E-state index contributed by atoms with van der Waals surface area (Å²) in [5.41, 5.74) is 0.541. The van der Waals surface area contributed by atoms with Gasteiger partial charge >= 0.3 is 6.18 Å². The molecule has 3 heterocycles. The second kappa shape index (κ2) is 11.0. The van der Waals surface area contributed by atoms with E-state index in [2.05, 4.69) is 25.2 Å². The van der Waals surface area contributed by atoms with E-state index in [1.165, 1.54) is 30.9 Å². The number of pyridine rings is 1. The number of anilines is 1. The van der Waals surface area contributed by atoms with Crippen LogP contribution in [-0.4, -0.2) is 53.4 Å². The Labute approximate surface area is 220 Å². The van der Waals surface area contributed by atoms with Crippen LogP contribution in [0.15, 0.2) is 66.1 Å². The number of nitrogens with one attached hydrogen (secondary N) is 1. The van der Waals surface area contributed by atoms with Crippen LogP contribution in [0.2, 0.25) is 0 Å². The highest BCUT2D eigenvalue weighted by molar-refractivity contribution is 7.90. The van der Waals surface area contributed by atoms with Crippen molar-refractivity contribution in [2.75, 3.05) is 18.4 Å². The first kappa shape index (κ1) is 26.6. The van der Waals surface area contributed by atoms with Crippen LogP contribution in [0, 0.1) is 0 Å². The Bertz CT molecular complexity index is 1330. The fraction of sp³-hybridized carbons (Fsp3) is 0.444. The zero-order valence-corrected chi connectivity index (χ0v) is 21.6. The third kappa shape index (κ3) is 6.15. The van der Waals surface area contributed by atoms with E-state index in [-0.39, 0.29) is 28.6 Å². The van der Waals surface area contributed by atoms with Crippen LogP contribution < -0.4 is 5.32 Å². The van der Waals surface area contributed by atoms with E-state index in [0.717, 1.165) is 56.8 Å². The van der Waals surface area contributed by atoms with Crippen LogP contribution in [0.3, 0.4) is 0 Å². The zero-order valence-electron chi connectivity index (χ0n) is 20.8. The first-order valence-electron chi connectivity index (χ1n) is 12.8. The van der Waals surface area contributed by atoms with Crippen molar-refractivity contribution in [2.24, 2.45) is 0 Å². The Morgan fingerprint density at radius 2 is 1.84 bits per heavy atom. The number of benzene rings is 1. The highest BCUT2D eigenvalue weighted by Crippen LogP contribution is 2.39. The molecule has 2 fully saturated rings. The van der Waals surface area contributed by atoms with E-state index in [0.29, 0.717) is 11.5 Å². The van der Waals surface area contributed by atoms with Gasteiger partial charge < -0.3 is 5.32 Å². The minimum absolute atomic E-state index is 0.0447. The summed E-state index contributed by atoms with van der Waals surface area (Å²) in [5.74, 6) is 0.390. The Balaban J connectivity index is 1.30. The highest BCUT2D eigenvalue weighted by atomic mass is 32.2. The maximum absolute atomic E-state index is 13.3. The lowest BCUT2D eigenvalue weighted by Gasteiger charge is -2.42. The van der Waals surface area contributed by atoms with Crippen molar-refractivity contribution in [3.8, 4) is 0 Å². The molecule has 1 aliphatic carbocycles. The number of hydrogen-bond donors (Lipinski definition) is 1. The van der Waals surface area contributed by atoms with Gasteiger partial charge in [-0.25, -0.2) is 23.4 Å². The number of rotatable bonds is 7. The number of likely N-dealkylation sites (tertiary alicyclic amines) is 1. The molecule has 1 aromatic carbocycles. The van der Waals surface area contributed by atoms with Gasteiger partial charge in [-0.1, -0.05) is 18.2 Å². The molecule has 3 atom stereocenters. The molecule has 0 unspecified atom stereocenters. The van der Waals surface area contributed by atoms with Crippen molar-refractivity contribution in [1.29, 1.82) is 0 Å². The Kier molecular flexibility index (Phi) is 7.67. The second-order valence-electron chi connectivity index (χ2n) is 10.0. The predicted octanol–water partition coefficient (Wildman–Crippen LogP) is 5.08. The standard InChI is InChI=1S/C27H30F3N5O2S/c28-27(29,30)21-5-3-4-19(14-21)20-6-8-24(25(15-20)35-12-1-2-13-35)34-26-9-7-23(16-32-26)38(36,37)17-22-10-11-31-18-33-22/h3-5,7,9-11,14,16,18,20,24-25H,1-2,6,8,12-13,15,17H2,(H,32,34)/t20-,24-,25-/m0/s1. The van der Waals surface area contributed by atoms with Crippen molar-refractivity contribution in [1.82, 2.24) is 19.9 Å². The van der Waals surface area contributed by atoms with Gasteiger partial charge in [-0.2, -0.15) is 13.2 Å². The van der Waals surface area contributed by atoms with E-state index >= 15 is 0 Å². The predicted molar refractivity (Wildman–Crippen MR) is 137 cm³/mol. The first-order valence-corrected chi connectivity index (χ1v) is 14.5. The molecule has 7 nitrogen and oxygen atoms in total. The SMILES string of the molecule is O=S(=O)(Cc1ccncn1)c1ccc(N[C@H]2CC[C@H](c3cccc(C(F)(F)F)c3)C[C@@H]2N2CCCC2)nc1.